The highest BCUT2D eigenvalue weighted by atomic mass is 16.5. The van der Waals surface area contributed by atoms with E-state index < -0.39 is 0 Å². The van der Waals surface area contributed by atoms with E-state index in [2.05, 4.69) is 45.3 Å². The Bertz CT molecular complexity index is 1500. The van der Waals surface area contributed by atoms with E-state index in [1.54, 1.807) is 18.6 Å². The molecule has 39 heavy (non-hydrogen) atoms. The minimum atomic E-state index is -0.174. The van der Waals surface area contributed by atoms with Crippen LogP contribution in [-0.2, 0) is 29.0 Å². The van der Waals surface area contributed by atoms with Crippen molar-refractivity contribution in [2.75, 3.05) is 6.61 Å². The third-order valence-corrected chi connectivity index (χ3v) is 6.55. The van der Waals surface area contributed by atoms with Crippen LogP contribution in [0.15, 0.2) is 104 Å². The summed E-state index contributed by atoms with van der Waals surface area (Å²) < 4.78 is 11.2. The van der Waals surface area contributed by atoms with E-state index in [0.29, 0.717) is 26.1 Å². The minimum Gasteiger partial charge on any atom is -0.489 e. The molecule has 6 heteroatoms. The number of rotatable bonds is 11. The fourth-order valence-corrected chi connectivity index (χ4v) is 4.62. The van der Waals surface area contributed by atoms with Gasteiger partial charge in [-0.25, -0.2) is 0 Å². The summed E-state index contributed by atoms with van der Waals surface area (Å²) in [5, 5.41) is 0. The first kappa shape index (κ1) is 25.9. The molecule has 0 aliphatic rings. The van der Waals surface area contributed by atoms with Gasteiger partial charge in [-0.2, -0.15) is 0 Å². The molecular weight excluding hydrogens is 486 g/mol. The van der Waals surface area contributed by atoms with E-state index in [9.17, 15) is 4.79 Å². The zero-order valence-corrected chi connectivity index (χ0v) is 22.0. The number of nitrogens with zero attached hydrogens (tertiary/aromatic N) is 2. The molecule has 0 aliphatic carbocycles. The van der Waals surface area contributed by atoms with Crippen LogP contribution in [0.2, 0.25) is 0 Å². The normalized spacial score (nSPS) is 10.8. The molecule has 0 radical (unpaired) electrons. The number of carbonyl (C=O) groups is 1. The summed E-state index contributed by atoms with van der Waals surface area (Å²) in [7, 11) is 0. The second-order valence-electron chi connectivity index (χ2n) is 9.23. The molecule has 3 aromatic carbocycles. The highest BCUT2D eigenvalue weighted by molar-refractivity contribution is 5.72. The molecule has 0 bridgehead atoms. The number of ether oxygens (including phenoxy) is 2. The van der Waals surface area contributed by atoms with Gasteiger partial charge >= 0.3 is 5.97 Å². The Morgan fingerprint density at radius 1 is 0.897 bits per heavy atom. The van der Waals surface area contributed by atoms with Crippen molar-refractivity contribution in [1.82, 2.24) is 15.0 Å². The van der Waals surface area contributed by atoms with Gasteiger partial charge < -0.3 is 14.5 Å². The molecule has 196 valence electrons. The second kappa shape index (κ2) is 12.7. The standard InChI is InChI=1S/C33H31N3O3/c1-2-38-33(37)16-15-29-30(26-8-4-3-5-9-26)21-36-31(29)20-24-11-13-28(14-12-24)39-23-25-7-6-10-27(19-25)32-22-34-17-18-35-32/h3-14,17-19,21-22,36H,2,15-16,20,23H2,1H3. The van der Waals surface area contributed by atoms with Crippen molar-refractivity contribution < 1.29 is 14.3 Å². The Morgan fingerprint density at radius 3 is 2.49 bits per heavy atom. The molecule has 0 unspecified atom stereocenters. The van der Waals surface area contributed by atoms with Gasteiger partial charge in [-0.1, -0.05) is 60.7 Å². The van der Waals surface area contributed by atoms with Crippen LogP contribution in [0.25, 0.3) is 22.4 Å². The van der Waals surface area contributed by atoms with Crippen LogP contribution in [0.1, 0.15) is 35.7 Å². The molecule has 0 saturated heterocycles. The monoisotopic (exact) mass is 517 g/mol. The predicted molar refractivity (Wildman–Crippen MR) is 152 cm³/mol. The van der Waals surface area contributed by atoms with Crippen molar-refractivity contribution in [3.8, 4) is 28.1 Å². The van der Waals surface area contributed by atoms with Crippen LogP contribution in [0.5, 0.6) is 5.75 Å². The molecule has 0 fully saturated rings. The van der Waals surface area contributed by atoms with Gasteiger partial charge in [0.1, 0.15) is 12.4 Å². The molecule has 2 aromatic heterocycles. The number of nitrogens with one attached hydrogen (secondary N) is 1. The lowest BCUT2D eigenvalue weighted by Gasteiger charge is -2.10. The van der Waals surface area contributed by atoms with Crippen LogP contribution in [0.3, 0.4) is 0 Å². The fourth-order valence-electron chi connectivity index (χ4n) is 4.62. The average molecular weight is 518 g/mol. The number of benzene rings is 3. The van der Waals surface area contributed by atoms with Crippen molar-refractivity contribution in [3.63, 3.8) is 0 Å². The first-order valence-electron chi connectivity index (χ1n) is 13.2. The lowest BCUT2D eigenvalue weighted by atomic mass is 9.96. The Labute approximate surface area is 228 Å². The van der Waals surface area contributed by atoms with Gasteiger partial charge in [0, 0.05) is 48.3 Å². The molecule has 0 aliphatic heterocycles. The topological polar surface area (TPSA) is 77.1 Å². The molecule has 1 N–H and O–H groups in total. The first-order valence-corrected chi connectivity index (χ1v) is 13.2. The van der Waals surface area contributed by atoms with Gasteiger partial charge in [-0.05, 0) is 53.8 Å². The zero-order chi connectivity index (χ0) is 26.9. The van der Waals surface area contributed by atoms with Crippen molar-refractivity contribution in [2.45, 2.75) is 32.8 Å². The van der Waals surface area contributed by atoms with Crippen molar-refractivity contribution in [2.24, 2.45) is 0 Å². The average Bonchev–Trinajstić information content (AvgIpc) is 3.39. The lowest BCUT2D eigenvalue weighted by molar-refractivity contribution is -0.143. The van der Waals surface area contributed by atoms with Gasteiger partial charge in [0.2, 0.25) is 0 Å². The molecule has 0 saturated carbocycles. The minimum absolute atomic E-state index is 0.174. The van der Waals surface area contributed by atoms with Crippen molar-refractivity contribution in [1.29, 1.82) is 0 Å². The molecule has 5 rings (SSSR count). The summed E-state index contributed by atoms with van der Waals surface area (Å²) in [5.41, 5.74) is 8.58. The fraction of sp³-hybridized carbons (Fsp3) is 0.182. The predicted octanol–water partition coefficient (Wildman–Crippen LogP) is 6.80. The third-order valence-electron chi connectivity index (χ3n) is 6.55. The van der Waals surface area contributed by atoms with Gasteiger partial charge in [0.15, 0.2) is 0 Å². The molecule has 0 atom stereocenters. The number of aromatic nitrogens is 3. The first-order chi connectivity index (χ1) is 19.2. The summed E-state index contributed by atoms with van der Waals surface area (Å²) in [5.74, 6) is 0.634. The molecule has 2 heterocycles. The summed E-state index contributed by atoms with van der Waals surface area (Å²) in [6.07, 6.45) is 8.86. The number of hydrogen-bond donors (Lipinski definition) is 1. The molecule has 6 nitrogen and oxygen atoms in total. The van der Waals surface area contributed by atoms with Crippen LogP contribution < -0.4 is 4.74 Å². The summed E-state index contributed by atoms with van der Waals surface area (Å²) >= 11 is 0. The van der Waals surface area contributed by atoms with E-state index in [4.69, 9.17) is 9.47 Å². The maximum Gasteiger partial charge on any atom is 0.306 e. The SMILES string of the molecule is CCOC(=O)CCc1c(-c2ccccc2)c[nH]c1Cc1ccc(OCc2cccc(-c3cnccn3)c2)cc1. The molecular formula is C33H31N3O3. The maximum atomic E-state index is 12.1. The van der Waals surface area contributed by atoms with E-state index in [1.165, 1.54) is 0 Å². The van der Waals surface area contributed by atoms with Crippen LogP contribution >= 0.6 is 0 Å². The van der Waals surface area contributed by atoms with Gasteiger partial charge in [-0.15, -0.1) is 0 Å². The Balaban J connectivity index is 1.26. The summed E-state index contributed by atoms with van der Waals surface area (Å²) in [6.45, 7) is 2.69. The third kappa shape index (κ3) is 6.79. The van der Waals surface area contributed by atoms with Crippen LogP contribution in [0.4, 0.5) is 0 Å². The highest BCUT2D eigenvalue weighted by Gasteiger charge is 2.15. The summed E-state index contributed by atoms with van der Waals surface area (Å²) in [4.78, 5) is 24.1. The number of hydrogen-bond acceptors (Lipinski definition) is 5. The quantitative estimate of drug-likeness (QED) is 0.195. The van der Waals surface area contributed by atoms with Crippen molar-refractivity contribution >= 4 is 5.97 Å². The number of carbonyl (C=O) groups excluding carboxylic acids is 1. The number of aromatic amines is 1. The highest BCUT2D eigenvalue weighted by Crippen LogP contribution is 2.29. The maximum absolute atomic E-state index is 12.1. The lowest BCUT2D eigenvalue weighted by Crippen LogP contribution is -2.06. The van der Waals surface area contributed by atoms with E-state index in [1.807, 2.05) is 61.7 Å². The molecule has 0 spiro atoms. The molecule has 0 amide bonds. The van der Waals surface area contributed by atoms with E-state index >= 15 is 0 Å². The van der Waals surface area contributed by atoms with Gasteiger partial charge in [0.05, 0.1) is 18.5 Å². The Kier molecular flexibility index (Phi) is 8.44. The Hall–Kier alpha value is -4.71. The van der Waals surface area contributed by atoms with Crippen LogP contribution in [0, 0.1) is 0 Å². The van der Waals surface area contributed by atoms with Crippen LogP contribution in [-0.4, -0.2) is 27.5 Å². The number of H-pyrrole nitrogens is 1. The Morgan fingerprint density at radius 2 is 1.72 bits per heavy atom. The van der Waals surface area contributed by atoms with Crippen molar-refractivity contribution in [3.05, 3.63) is 126 Å². The molecule has 5 aromatic rings. The number of esters is 1. The van der Waals surface area contributed by atoms with E-state index in [-0.39, 0.29) is 5.97 Å². The largest absolute Gasteiger partial charge is 0.489 e. The van der Waals surface area contributed by atoms with Gasteiger partial charge in [0.25, 0.3) is 0 Å². The van der Waals surface area contributed by atoms with Gasteiger partial charge in [-0.3, -0.25) is 14.8 Å². The summed E-state index contributed by atoms with van der Waals surface area (Å²) in [6, 6.07) is 26.6. The second-order valence-corrected chi connectivity index (χ2v) is 9.23. The smallest absolute Gasteiger partial charge is 0.306 e. The zero-order valence-electron chi connectivity index (χ0n) is 22.0. The van der Waals surface area contributed by atoms with E-state index in [0.717, 1.165) is 56.9 Å².